The molecule has 0 saturated heterocycles. The molecule has 0 aliphatic heterocycles. The molecular formula is C11H12O2. The molecule has 0 fully saturated rings. The van der Waals surface area contributed by atoms with Crippen LogP contribution in [0.1, 0.15) is 6.92 Å². The van der Waals surface area contributed by atoms with Gasteiger partial charge in [0.05, 0.1) is 13.4 Å². The van der Waals surface area contributed by atoms with Crippen molar-refractivity contribution in [2.75, 3.05) is 7.11 Å². The second kappa shape index (κ2) is 8.35. The maximum Gasteiger partial charge on any atom is 0.142 e. The number of rotatable bonds is 3. The second-order valence-electron chi connectivity index (χ2n) is 2.18. The first-order valence-corrected chi connectivity index (χ1v) is 3.79. The number of carbonyl (C=O) groups excluding carboxylic acids is 1. The lowest BCUT2D eigenvalue weighted by Gasteiger charge is -1.81. The molecule has 0 heterocycles. The van der Waals surface area contributed by atoms with Crippen molar-refractivity contribution in [2.24, 2.45) is 0 Å². The molecule has 0 N–H and O–H groups in total. The molecule has 0 atom stereocenters. The Hall–Kier alpha value is -1.75. The van der Waals surface area contributed by atoms with Gasteiger partial charge in [-0.25, -0.2) is 0 Å². The standard InChI is InChI=1S/C11H12O2/c1-11(7-3-5-9-12)8-4-6-10-13-2/h3,5-7,9-10H,1-2H3/b5-3+,10-6-,11-7+. The predicted molar refractivity (Wildman–Crippen MR) is 52.9 cm³/mol. The summed E-state index contributed by atoms with van der Waals surface area (Å²) in [6.45, 7) is 1.86. The summed E-state index contributed by atoms with van der Waals surface area (Å²) in [5, 5.41) is 0. The van der Waals surface area contributed by atoms with Crippen LogP contribution in [0.3, 0.4) is 0 Å². The van der Waals surface area contributed by atoms with Crippen LogP contribution in [0.4, 0.5) is 0 Å². The number of methoxy groups -OCH3 is 1. The van der Waals surface area contributed by atoms with E-state index in [-0.39, 0.29) is 0 Å². The van der Waals surface area contributed by atoms with Crippen LogP contribution in [0, 0.1) is 11.8 Å². The molecule has 0 aromatic heterocycles. The van der Waals surface area contributed by atoms with Crippen molar-refractivity contribution in [3.05, 3.63) is 36.1 Å². The number of carbonyl (C=O) groups is 1. The summed E-state index contributed by atoms with van der Waals surface area (Å²) < 4.78 is 4.66. The number of aldehydes is 1. The monoisotopic (exact) mass is 176 g/mol. The minimum atomic E-state index is 0.724. The fourth-order valence-corrected chi connectivity index (χ4v) is 0.544. The van der Waals surface area contributed by atoms with Crippen LogP contribution in [0.5, 0.6) is 0 Å². The van der Waals surface area contributed by atoms with Crippen molar-refractivity contribution in [1.29, 1.82) is 0 Å². The minimum Gasteiger partial charge on any atom is -0.504 e. The van der Waals surface area contributed by atoms with Gasteiger partial charge >= 0.3 is 0 Å². The fraction of sp³-hybridized carbons (Fsp3) is 0.182. The third-order valence-electron chi connectivity index (χ3n) is 1.09. The van der Waals surface area contributed by atoms with Crippen LogP contribution in [-0.4, -0.2) is 13.4 Å². The van der Waals surface area contributed by atoms with Crippen LogP contribution in [0.2, 0.25) is 0 Å². The SMILES string of the molecule is CO/C=C\C#C/C(C)=C/C=C/C=O. The van der Waals surface area contributed by atoms with Gasteiger partial charge in [-0.1, -0.05) is 24.0 Å². The van der Waals surface area contributed by atoms with Crippen molar-refractivity contribution in [3.8, 4) is 11.8 Å². The maximum atomic E-state index is 9.91. The zero-order chi connectivity index (χ0) is 9.94. The van der Waals surface area contributed by atoms with E-state index in [1.165, 1.54) is 12.3 Å². The largest absolute Gasteiger partial charge is 0.504 e. The van der Waals surface area contributed by atoms with Gasteiger partial charge in [-0.3, -0.25) is 4.79 Å². The van der Waals surface area contributed by atoms with E-state index in [1.807, 2.05) is 6.92 Å². The van der Waals surface area contributed by atoms with Crippen molar-refractivity contribution >= 4 is 6.29 Å². The molecule has 0 bridgehead atoms. The van der Waals surface area contributed by atoms with E-state index in [1.54, 1.807) is 25.3 Å². The van der Waals surface area contributed by atoms with Crippen LogP contribution >= 0.6 is 0 Å². The smallest absolute Gasteiger partial charge is 0.142 e. The molecule has 0 aliphatic carbocycles. The molecule has 0 spiro atoms. The summed E-state index contributed by atoms with van der Waals surface area (Å²) in [6, 6.07) is 0. The van der Waals surface area contributed by atoms with Crippen molar-refractivity contribution in [3.63, 3.8) is 0 Å². The summed E-state index contributed by atoms with van der Waals surface area (Å²) in [4.78, 5) is 9.91. The van der Waals surface area contributed by atoms with E-state index in [2.05, 4.69) is 16.6 Å². The molecule has 0 aromatic carbocycles. The number of hydrogen-bond donors (Lipinski definition) is 0. The zero-order valence-corrected chi connectivity index (χ0v) is 7.78. The molecule has 2 nitrogen and oxygen atoms in total. The second-order valence-corrected chi connectivity index (χ2v) is 2.18. The average Bonchev–Trinajstić information content (AvgIpc) is 2.13. The van der Waals surface area contributed by atoms with Gasteiger partial charge in [-0.05, 0) is 18.6 Å². The van der Waals surface area contributed by atoms with Gasteiger partial charge in [0.2, 0.25) is 0 Å². The predicted octanol–water partition coefficient (Wildman–Crippen LogP) is 1.85. The van der Waals surface area contributed by atoms with Gasteiger partial charge in [0, 0.05) is 6.08 Å². The lowest BCUT2D eigenvalue weighted by atomic mass is 10.3. The third-order valence-corrected chi connectivity index (χ3v) is 1.09. The Kier molecular flexibility index (Phi) is 7.22. The normalized spacial score (nSPS) is 11.4. The molecular weight excluding hydrogens is 164 g/mol. The van der Waals surface area contributed by atoms with Crippen molar-refractivity contribution < 1.29 is 9.53 Å². The van der Waals surface area contributed by atoms with E-state index >= 15 is 0 Å². The average molecular weight is 176 g/mol. The van der Waals surface area contributed by atoms with Gasteiger partial charge in [-0.15, -0.1) is 0 Å². The minimum absolute atomic E-state index is 0.724. The summed E-state index contributed by atoms with van der Waals surface area (Å²) in [5.74, 6) is 5.62. The van der Waals surface area contributed by atoms with Gasteiger partial charge in [0.15, 0.2) is 0 Å². The molecule has 0 unspecified atom stereocenters. The Balaban J connectivity index is 4.09. The van der Waals surface area contributed by atoms with Crippen LogP contribution in [0.25, 0.3) is 0 Å². The van der Waals surface area contributed by atoms with E-state index in [9.17, 15) is 4.79 Å². The maximum absolute atomic E-state index is 9.91. The number of hydrogen-bond acceptors (Lipinski definition) is 2. The Morgan fingerprint density at radius 3 is 2.77 bits per heavy atom. The van der Waals surface area contributed by atoms with E-state index in [4.69, 9.17) is 0 Å². The van der Waals surface area contributed by atoms with Gasteiger partial charge in [0.25, 0.3) is 0 Å². The quantitative estimate of drug-likeness (QED) is 0.216. The van der Waals surface area contributed by atoms with Crippen LogP contribution in [-0.2, 0) is 9.53 Å². The summed E-state index contributed by atoms with van der Waals surface area (Å²) in [6.07, 6.45) is 8.67. The zero-order valence-electron chi connectivity index (χ0n) is 7.78. The van der Waals surface area contributed by atoms with Gasteiger partial charge in [-0.2, -0.15) is 0 Å². The van der Waals surface area contributed by atoms with Crippen molar-refractivity contribution in [1.82, 2.24) is 0 Å². The molecule has 0 radical (unpaired) electrons. The molecule has 68 valence electrons. The van der Waals surface area contributed by atoms with Crippen molar-refractivity contribution in [2.45, 2.75) is 6.92 Å². The first-order chi connectivity index (χ1) is 6.31. The molecule has 0 aliphatic rings. The Morgan fingerprint density at radius 1 is 1.38 bits per heavy atom. The highest BCUT2D eigenvalue weighted by molar-refractivity contribution is 5.65. The third kappa shape index (κ3) is 8.15. The summed E-state index contributed by atoms with van der Waals surface area (Å²) >= 11 is 0. The van der Waals surface area contributed by atoms with Crippen LogP contribution < -0.4 is 0 Å². The fourth-order valence-electron chi connectivity index (χ4n) is 0.544. The van der Waals surface area contributed by atoms with E-state index in [0.29, 0.717) is 0 Å². The Labute approximate surface area is 78.6 Å². The summed E-state index contributed by atoms with van der Waals surface area (Å²) in [5.41, 5.74) is 0.888. The first kappa shape index (κ1) is 11.2. The summed E-state index contributed by atoms with van der Waals surface area (Å²) in [7, 11) is 1.56. The number of ether oxygens (including phenoxy) is 1. The molecule has 2 heteroatoms. The van der Waals surface area contributed by atoms with E-state index in [0.717, 1.165) is 11.9 Å². The topological polar surface area (TPSA) is 26.3 Å². The highest BCUT2D eigenvalue weighted by Gasteiger charge is 1.74. The lowest BCUT2D eigenvalue weighted by molar-refractivity contribution is -0.104. The lowest BCUT2D eigenvalue weighted by Crippen LogP contribution is -1.67. The molecule has 13 heavy (non-hydrogen) atoms. The highest BCUT2D eigenvalue weighted by atomic mass is 16.5. The first-order valence-electron chi connectivity index (χ1n) is 3.79. The van der Waals surface area contributed by atoms with E-state index < -0.39 is 0 Å². The Morgan fingerprint density at radius 2 is 2.15 bits per heavy atom. The molecule has 0 rings (SSSR count). The van der Waals surface area contributed by atoms with Gasteiger partial charge < -0.3 is 4.74 Å². The van der Waals surface area contributed by atoms with Crippen LogP contribution in [0.15, 0.2) is 36.1 Å². The molecule has 0 amide bonds. The highest BCUT2D eigenvalue weighted by Crippen LogP contribution is 1.89. The Bertz CT molecular complexity index is 285. The molecule has 0 saturated carbocycles. The van der Waals surface area contributed by atoms with Gasteiger partial charge in [0.1, 0.15) is 6.29 Å². The molecule has 0 aromatic rings. The number of allylic oxidation sites excluding steroid dienone is 5.